The van der Waals surface area contributed by atoms with Crippen LogP contribution in [0.2, 0.25) is 0 Å². The van der Waals surface area contributed by atoms with Gasteiger partial charge in [0.2, 0.25) is 0 Å². The van der Waals surface area contributed by atoms with E-state index in [1.807, 2.05) is 54.6 Å². The number of nitrogens with one attached hydrogen (secondary N) is 1. The van der Waals surface area contributed by atoms with Crippen LogP contribution in [0.3, 0.4) is 0 Å². The average molecular weight is 403 g/mol. The molecule has 3 aromatic carbocycles. The summed E-state index contributed by atoms with van der Waals surface area (Å²) in [5.74, 6) is 0.616. The van der Waals surface area contributed by atoms with Crippen LogP contribution >= 0.6 is 0 Å². The van der Waals surface area contributed by atoms with E-state index in [2.05, 4.69) is 43.7 Å². The Balaban J connectivity index is 1.39. The standard InChI is InChI=1S/C25H17N5O/c1-2-6-18-15-23-22(14-17(18)5-1)27-25(31-23)28-24-20-8-4-3-7-19(20)21(29-30-24)13-16-9-11-26-12-10-16/h1-12,14-15H,13H2,(H,27,28,30). The second-order valence-corrected chi connectivity index (χ2v) is 7.38. The van der Waals surface area contributed by atoms with Crippen LogP contribution in [0.1, 0.15) is 11.3 Å². The fourth-order valence-electron chi connectivity index (χ4n) is 3.84. The van der Waals surface area contributed by atoms with Crippen molar-refractivity contribution in [2.24, 2.45) is 0 Å². The van der Waals surface area contributed by atoms with Crippen molar-refractivity contribution in [3.8, 4) is 0 Å². The van der Waals surface area contributed by atoms with Crippen LogP contribution in [-0.2, 0) is 6.42 Å². The molecule has 0 aliphatic heterocycles. The van der Waals surface area contributed by atoms with Gasteiger partial charge in [-0.2, -0.15) is 10.1 Å². The maximum atomic E-state index is 5.96. The predicted octanol–water partition coefficient (Wildman–Crippen LogP) is 5.65. The molecule has 31 heavy (non-hydrogen) atoms. The molecule has 0 aliphatic rings. The summed E-state index contributed by atoms with van der Waals surface area (Å²) < 4.78 is 5.96. The topological polar surface area (TPSA) is 76.7 Å². The molecule has 1 N–H and O–H groups in total. The Kier molecular flexibility index (Phi) is 4.06. The van der Waals surface area contributed by atoms with Crippen LogP contribution in [0.15, 0.2) is 89.6 Å². The first-order valence-corrected chi connectivity index (χ1v) is 10.0. The number of anilines is 2. The maximum Gasteiger partial charge on any atom is 0.301 e. The van der Waals surface area contributed by atoms with E-state index in [1.54, 1.807) is 12.4 Å². The number of rotatable bonds is 4. The molecular weight excluding hydrogens is 386 g/mol. The Labute approximate surface area is 177 Å². The number of fused-ring (bicyclic) bond motifs is 3. The minimum absolute atomic E-state index is 0.395. The number of oxazole rings is 1. The Hall–Kier alpha value is -4.32. The third-order valence-corrected chi connectivity index (χ3v) is 5.37. The van der Waals surface area contributed by atoms with Gasteiger partial charge < -0.3 is 4.42 Å². The fourth-order valence-corrected chi connectivity index (χ4v) is 3.84. The SMILES string of the molecule is c1ccc2cc3oc(Nc4nnc(Cc5ccncc5)c5ccccc45)nc3cc2c1. The number of aromatic nitrogens is 4. The zero-order valence-corrected chi connectivity index (χ0v) is 16.5. The third kappa shape index (κ3) is 3.24. The lowest BCUT2D eigenvalue weighted by atomic mass is 10.1. The van der Waals surface area contributed by atoms with Crippen LogP contribution in [0.25, 0.3) is 32.6 Å². The second kappa shape index (κ2) is 7.18. The Bertz CT molecular complexity index is 1490. The van der Waals surface area contributed by atoms with E-state index < -0.39 is 0 Å². The lowest BCUT2D eigenvalue weighted by Crippen LogP contribution is -2.02. The van der Waals surface area contributed by atoms with Crippen molar-refractivity contribution < 1.29 is 4.42 Å². The van der Waals surface area contributed by atoms with Crippen LogP contribution in [0.4, 0.5) is 11.8 Å². The highest BCUT2D eigenvalue weighted by Gasteiger charge is 2.13. The van der Waals surface area contributed by atoms with Crippen molar-refractivity contribution in [2.45, 2.75) is 6.42 Å². The second-order valence-electron chi connectivity index (χ2n) is 7.38. The smallest absolute Gasteiger partial charge is 0.301 e. The van der Waals surface area contributed by atoms with Crippen LogP contribution in [0.5, 0.6) is 0 Å². The Morgan fingerprint density at radius 3 is 2.35 bits per heavy atom. The van der Waals surface area contributed by atoms with Crippen molar-refractivity contribution in [1.82, 2.24) is 20.2 Å². The normalized spacial score (nSPS) is 11.4. The van der Waals surface area contributed by atoms with E-state index in [9.17, 15) is 0 Å². The first-order valence-electron chi connectivity index (χ1n) is 10.0. The summed E-state index contributed by atoms with van der Waals surface area (Å²) in [6.45, 7) is 0. The molecule has 0 atom stereocenters. The molecule has 3 aromatic heterocycles. The van der Waals surface area contributed by atoms with Gasteiger partial charge >= 0.3 is 6.01 Å². The van der Waals surface area contributed by atoms with E-state index in [0.717, 1.165) is 43.9 Å². The molecule has 6 nitrogen and oxygen atoms in total. The molecule has 6 heteroatoms. The van der Waals surface area contributed by atoms with E-state index in [1.165, 1.54) is 0 Å². The first-order chi connectivity index (χ1) is 15.3. The van der Waals surface area contributed by atoms with Crippen LogP contribution in [0, 0.1) is 0 Å². The zero-order chi connectivity index (χ0) is 20.6. The van der Waals surface area contributed by atoms with Gasteiger partial charge in [0.05, 0.1) is 5.69 Å². The van der Waals surface area contributed by atoms with Crippen molar-refractivity contribution in [3.63, 3.8) is 0 Å². The molecule has 0 unspecified atom stereocenters. The number of hydrogen-bond acceptors (Lipinski definition) is 6. The Morgan fingerprint density at radius 1 is 0.774 bits per heavy atom. The van der Waals surface area contributed by atoms with Crippen molar-refractivity contribution >= 4 is 44.5 Å². The summed E-state index contributed by atoms with van der Waals surface area (Å²) in [6, 6.07) is 24.7. The minimum Gasteiger partial charge on any atom is -0.423 e. The largest absolute Gasteiger partial charge is 0.423 e. The van der Waals surface area contributed by atoms with Gasteiger partial charge in [0.25, 0.3) is 0 Å². The molecule has 0 radical (unpaired) electrons. The van der Waals surface area contributed by atoms with Crippen molar-refractivity contribution in [2.75, 3.05) is 5.32 Å². The molecule has 148 valence electrons. The van der Waals surface area contributed by atoms with Gasteiger partial charge in [0.1, 0.15) is 5.52 Å². The Morgan fingerprint density at radius 2 is 1.52 bits per heavy atom. The molecule has 0 fully saturated rings. The molecule has 0 spiro atoms. The number of pyridine rings is 1. The van der Waals surface area contributed by atoms with Crippen molar-refractivity contribution in [3.05, 3.63) is 96.4 Å². The van der Waals surface area contributed by atoms with Gasteiger partial charge in [-0.25, -0.2) is 0 Å². The maximum absolute atomic E-state index is 5.96. The first kappa shape index (κ1) is 17.5. The quantitative estimate of drug-likeness (QED) is 0.410. The molecule has 0 saturated carbocycles. The average Bonchev–Trinajstić information content (AvgIpc) is 3.21. The molecule has 0 bridgehead atoms. The summed E-state index contributed by atoms with van der Waals surface area (Å²) in [6.07, 6.45) is 4.26. The number of nitrogens with zero attached hydrogens (tertiary/aromatic N) is 4. The van der Waals surface area contributed by atoms with Gasteiger partial charge in [-0.3, -0.25) is 10.3 Å². The van der Waals surface area contributed by atoms with Gasteiger partial charge in [0, 0.05) is 29.6 Å². The monoisotopic (exact) mass is 403 g/mol. The van der Waals surface area contributed by atoms with Gasteiger partial charge in [0.15, 0.2) is 11.4 Å². The van der Waals surface area contributed by atoms with Crippen molar-refractivity contribution in [1.29, 1.82) is 0 Å². The van der Waals surface area contributed by atoms with Crippen LogP contribution in [-0.4, -0.2) is 20.2 Å². The van der Waals surface area contributed by atoms with Gasteiger partial charge in [-0.15, -0.1) is 5.10 Å². The highest BCUT2D eigenvalue weighted by molar-refractivity contribution is 5.96. The zero-order valence-electron chi connectivity index (χ0n) is 16.5. The molecule has 6 rings (SSSR count). The summed E-state index contributed by atoms with van der Waals surface area (Å²) in [7, 11) is 0. The van der Waals surface area contributed by atoms with Gasteiger partial charge in [-0.05, 0) is 40.6 Å². The summed E-state index contributed by atoms with van der Waals surface area (Å²) in [5.41, 5.74) is 3.58. The lowest BCUT2D eigenvalue weighted by Gasteiger charge is -2.09. The molecule has 0 amide bonds. The highest BCUT2D eigenvalue weighted by atomic mass is 16.4. The molecule has 6 aromatic rings. The van der Waals surface area contributed by atoms with Crippen LogP contribution < -0.4 is 5.32 Å². The van der Waals surface area contributed by atoms with Gasteiger partial charge in [-0.1, -0.05) is 48.5 Å². The molecule has 0 saturated heterocycles. The molecular formula is C25H17N5O. The number of benzene rings is 3. The summed E-state index contributed by atoms with van der Waals surface area (Å²) in [5, 5.41) is 16.4. The summed E-state index contributed by atoms with van der Waals surface area (Å²) >= 11 is 0. The molecule has 3 heterocycles. The van der Waals surface area contributed by atoms with E-state index in [4.69, 9.17) is 4.42 Å². The third-order valence-electron chi connectivity index (χ3n) is 5.37. The highest BCUT2D eigenvalue weighted by Crippen LogP contribution is 2.29. The minimum atomic E-state index is 0.395. The van der Waals surface area contributed by atoms with E-state index in [-0.39, 0.29) is 0 Å². The predicted molar refractivity (Wildman–Crippen MR) is 121 cm³/mol. The van der Waals surface area contributed by atoms with E-state index in [0.29, 0.717) is 18.3 Å². The van der Waals surface area contributed by atoms with E-state index >= 15 is 0 Å². The molecule has 0 aliphatic carbocycles. The lowest BCUT2D eigenvalue weighted by molar-refractivity contribution is 0.622. The fraction of sp³-hybridized carbons (Fsp3) is 0.0400. The summed E-state index contributed by atoms with van der Waals surface area (Å²) in [4.78, 5) is 8.69. The number of hydrogen-bond donors (Lipinski definition) is 1.